The topological polar surface area (TPSA) is 67.2 Å². The van der Waals surface area contributed by atoms with Crippen molar-refractivity contribution in [3.8, 4) is 0 Å². The van der Waals surface area contributed by atoms with Crippen molar-refractivity contribution >= 4 is 11.6 Å². The molecule has 0 saturated heterocycles. The van der Waals surface area contributed by atoms with E-state index in [-0.39, 0.29) is 12.5 Å². The van der Waals surface area contributed by atoms with Crippen molar-refractivity contribution in [3.05, 3.63) is 46.7 Å². The van der Waals surface area contributed by atoms with Crippen LogP contribution >= 0.6 is 0 Å². The number of aromatic nitrogens is 1. The van der Waals surface area contributed by atoms with Crippen LogP contribution in [-0.4, -0.2) is 17.9 Å². The number of rotatable bonds is 4. The molecule has 5 heteroatoms. The number of aryl methyl sites for hydroxylation is 3. The minimum absolute atomic E-state index is 0.147. The number of carbonyl (C=O) groups excluding carboxylic acids is 1. The van der Waals surface area contributed by atoms with Crippen molar-refractivity contribution < 1.29 is 9.21 Å². The molecule has 0 radical (unpaired) electrons. The van der Waals surface area contributed by atoms with Crippen LogP contribution in [0.1, 0.15) is 33.3 Å². The molecule has 1 aromatic heterocycles. The van der Waals surface area contributed by atoms with Crippen LogP contribution in [0.4, 0.5) is 5.69 Å². The van der Waals surface area contributed by atoms with E-state index in [1.165, 1.54) is 0 Å². The Morgan fingerprint density at radius 1 is 1.30 bits per heavy atom. The number of nitrogens with zero attached hydrogens (tertiary/aromatic N) is 1. The third-order valence-electron chi connectivity index (χ3n) is 3.16. The number of nitrogens with one attached hydrogen (secondary N) is 2. The van der Waals surface area contributed by atoms with Gasteiger partial charge >= 0.3 is 0 Å². The maximum absolute atomic E-state index is 12.2. The third kappa shape index (κ3) is 2.99. The fraction of sp³-hybridized carbons (Fsp3) is 0.333. The zero-order valence-corrected chi connectivity index (χ0v) is 12.2. The molecule has 5 nitrogen and oxygen atoms in total. The molecule has 0 unspecified atom stereocenters. The van der Waals surface area contributed by atoms with E-state index in [9.17, 15) is 4.79 Å². The first-order chi connectivity index (χ1) is 9.51. The number of anilines is 1. The van der Waals surface area contributed by atoms with E-state index in [0.29, 0.717) is 11.5 Å². The molecule has 0 aliphatic carbocycles. The Labute approximate surface area is 118 Å². The maximum atomic E-state index is 12.2. The fourth-order valence-electron chi connectivity index (χ4n) is 1.93. The molecular formula is C15H19N3O2. The van der Waals surface area contributed by atoms with Gasteiger partial charge in [-0.2, -0.15) is 0 Å². The van der Waals surface area contributed by atoms with Gasteiger partial charge in [0.25, 0.3) is 5.91 Å². The van der Waals surface area contributed by atoms with Crippen LogP contribution in [0.2, 0.25) is 0 Å². The Hall–Kier alpha value is -2.30. The molecule has 2 aromatic rings. The Kier molecular flexibility index (Phi) is 4.08. The Morgan fingerprint density at radius 2 is 2.05 bits per heavy atom. The number of amides is 1. The van der Waals surface area contributed by atoms with Crippen molar-refractivity contribution in [1.29, 1.82) is 0 Å². The summed E-state index contributed by atoms with van der Waals surface area (Å²) in [5, 5.41) is 5.84. The average molecular weight is 273 g/mol. The number of hydrogen-bond acceptors (Lipinski definition) is 4. The lowest BCUT2D eigenvalue weighted by atomic mass is 10.1. The van der Waals surface area contributed by atoms with Crippen LogP contribution < -0.4 is 10.6 Å². The highest BCUT2D eigenvalue weighted by Gasteiger charge is 2.12. The zero-order valence-electron chi connectivity index (χ0n) is 12.2. The van der Waals surface area contributed by atoms with E-state index in [1.807, 2.05) is 39.0 Å². The zero-order chi connectivity index (χ0) is 14.7. The van der Waals surface area contributed by atoms with Gasteiger partial charge in [-0.1, -0.05) is 11.6 Å². The van der Waals surface area contributed by atoms with Crippen molar-refractivity contribution in [3.63, 3.8) is 0 Å². The highest BCUT2D eigenvalue weighted by molar-refractivity contribution is 5.99. The molecule has 0 fully saturated rings. The summed E-state index contributed by atoms with van der Waals surface area (Å²) in [6.07, 6.45) is 0. The summed E-state index contributed by atoms with van der Waals surface area (Å²) >= 11 is 0. The lowest BCUT2D eigenvalue weighted by Crippen LogP contribution is -2.24. The highest BCUT2D eigenvalue weighted by Crippen LogP contribution is 2.17. The van der Waals surface area contributed by atoms with Gasteiger partial charge in [-0.15, -0.1) is 0 Å². The van der Waals surface area contributed by atoms with Gasteiger partial charge in [0, 0.05) is 12.7 Å². The predicted molar refractivity (Wildman–Crippen MR) is 77.9 cm³/mol. The Morgan fingerprint density at radius 3 is 2.65 bits per heavy atom. The molecule has 20 heavy (non-hydrogen) atoms. The quantitative estimate of drug-likeness (QED) is 0.898. The summed E-state index contributed by atoms with van der Waals surface area (Å²) in [5.74, 6) is 1.15. The second kappa shape index (κ2) is 5.77. The van der Waals surface area contributed by atoms with Crippen LogP contribution in [0.15, 0.2) is 22.6 Å². The number of oxazole rings is 1. The number of hydrogen-bond donors (Lipinski definition) is 2. The smallest absolute Gasteiger partial charge is 0.253 e. The highest BCUT2D eigenvalue weighted by atomic mass is 16.4. The van der Waals surface area contributed by atoms with E-state index in [0.717, 1.165) is 22.7 Å². The van der Waals surface area contributed by atoms with Gasteiger partial charge in [0.1, 0.15) is 5.76 Å². The summed E-state index contributed by atoms with van der Waals surface area (Å²) < 4.78 is 5.44. The first kappa shape index (κ1) is 14.1. The summed E-state index contributed by atoms with van der Waals surface area (Å²) in [7, 11) is 1.79. The minimum Gasteiger partial charge on any atom is -0.444 e. The molecule has 0 atom stereocenters. The van der Waals surface area contributed by atoms with Crippen molar-refractivity contribution in [1.82, 2.24) is 10.3 Å². The first-order valence-corrected chi connectivity index (χ1v) is 6.50. The summed E-state index contributed by atoms with van der Waals surface area (Å²) in [6, 6.07) is 5.71. The largest absolute Gasteiger partial charge is 0.444 e. The average Bonchev–Trinajstić information content (AvgIpc) is 2.75. The lowest BCUT2D eigenvalue weighted by molar-refractivity contribution is 0.0948. The van der Waals surface area contributed by atoms with Crippen LogP contribution in [0.25, 0.3) is 0 Å². The molecule has 0 aliphatic rings. The predicted octanol–water partition coefficient (Wildman–Crippen LogP) is 2.57. The molecule has 2 N–H and O–H groups in total. The van der Waals surface area contributed by atoms with Crippen molar-refractivity contribution in [2.45, 2.75) is 27.3 Å². The standard InChI is InChI=1S/C15H19N3O2/c1-9-5-6-13(16-4)12(7-9)15(19)17-8-14-18-10(2)11(3)20-14/h5-7,16H,8H2,1-4H3,(H,17,19). The van der Waals surface area contributed by atoms with Gasteiger partial charge in [-0.25, -0.2) is 4.98 Å². The Bertz CT molecular complexity index is 613. The molecule has 106 valence electrons. The van der Waals surface area contributed by atoms with Gasteiger partial charge in [-0.3, -0.25) is 4.79 Å². The van der Waals surface area contributed by atoms with E-state index in [4.69, 9.17) is 4.42 Å². The monoisotopic (exact) mass is 273 g/mol. The summed E-state index contributed by atoms with van der Waals surface area (Å²) in [6.45, 7) is 5.97. The van der Waals surface area contributed by atoms with E-state index in [2.05, 4.69) is 15.6 Å². The van der Waals surface area contributed by atoms with Gasteiger partial charge in [0.2, 0.25) is 5.89 Å². The number of benzene rings is 1. The second-order valence-corrected chi connectivity index (χ2v) is 4.73. The van der Waals surface area contributed by atoms with E-state index < -0.39 is 0 Å². The molecule has 2 rings (SSSR count). The minimum atomic E-state index is -0.147. The molecule has 1 aromatic carbocycles. The molecule has 1 heterocycles. The van der Waals surface area contributed by atoms with E-state index in [1.54, 1.807) is 7.05 Å². The molecule has 0 aliphatic heterocycles. The molecule has 0 bridgehead atoms. The van der Waals surface area contributed by atoms with Crippen molar-refractivity contribution in [2.24, 2.45) is 0 Å². The number of carbonyl (C=O) groups is 1. The van der Waals surface area contributed by atoms with Gasteiger partial charge in [0.05, 0.1) is 17.8 Å². The van der Waals surface area contributed by atoms with Gasteiger partial charge in [0.15, 0.2) is 0 Å². The van der Waals surface area contributed by atoms with Crippen LogP contribution in [0.5, 0.6) is 0 Å². The molecule has 0 spiro atoms. The van der Waals surface area contributed by atoms with Crippen LogP contribution in [0.3, 0.4) is 0 Å². The molecule has 1 amide bonds. The Balaban J connectivity index is 2.10. The van der Waals surface area contributed by atoms with Crippen molar-refractivity contribution in [2.75, 3.05) is 12.4 Å². The van der Waals surface area contributed by atoms with Crippen LogP contribution in [-0.2, 0) is 6.54 Å². The van der Waals surface area contributed by atoms with Gasteiger partial charge < -0.3 is 15.1 Å². The van der Waals surface area contributed by atoms with E-state index >= 15 is 0 Å². The lowest BCUT2D eigenvalue weighted by Gasteiger charge is -2.09. The second-order valence-electron chi connectivity index (χ2n) is 4.73. The normalized spacial score (nSPS) is 10.4. The van der Waals surface area contributed by atoms with Crippen LogP contribution in [0, 0.1) is 20.8 Å². The molecular weight excluding hydrogens is 254 g/mol. The first-order valence-electron chi connectivity index (χ1n) is 6.50. The summed E-state index contributed by atoms with van der Waals surface area (Å²) in [5.41, 5.74) is 3.30. The molecule has 0 saturated carbocycles. The van der Waals surface area contributed by atoms with Gasteiger partial charge in [-0.05, 0) is 32.9 Å². The fourth-order valence-corrected chi connectivity index (χ4v) is 1.93. The third-order valence-corrected chi connectivity index (χ3v) is 3.16. The summed E-state index contributed by atoms with van der Waals surface area (Å²) in [4.78, 5) is 16.5. The SMILES string of the molecule is CNc1ccc(C)cc1C(=O)NCc1nc(C)c(C)o1. The maximum Gasteiger partial charge on any atom is 0.253 e.